The van der Waals surface area contributed by atoms with Crippen molar-refractivity contribution in [2.24, 2.45) is 5.50 Å². The Morgan fingerprint density at radius 1 is 0.935 bits per heavy atom. The summed E-state index contributed by atoms with van der Waals surface area (Å²) in [6.07, 6.45) is -6.88. The molecule has 2 heterocycles. The average Bonchev–Trinajstić information content (AvgIpc) is 3.35. The second-order valence-corrected chi connectivity index (χ2v) is 11.0. The normalized spacial score (nSPS) is 22.7. The molecule has 1 aliphatic heterocycles. The largest absolute Gasteiger partial charge is 0.497 e. The number of nitrogens with one attached hydrogen (secondary N) is 1. The van der Waals surface area contributed by atoms with E-state index in [0.717, 1.165) is 23.9 Å². The molecule has 2 unspecified atom stereocenters. The van der Waals surface area contributed by atoms with Gasteiger partial charge < -0.3 is 38.2 Å². The predicted molar refractivity (Wildman–Crippen MR) is 164 cm³/mol. The molecule has 13 nitrogen and oxygen atoms in total. The number of hydrogen-bond donors (Lipinski definition) is 4. The lowest BCUT2D eigenvalue weighted by atomic mass is 9.80. The number of H-pyrrole nitrogens is 1. The molecule has 0 aliphatic carbocycles. The van der Waals surface area contributed by atoms with E-state index in [1.807, 2.05) is 4.98 Å². The predicted octanol–water partition coefficient (Wildman–Crippen LogP) is 2.65. The molecule has 0 amide bonds. The van der Waals surface area contributed by atoms with Crippen LogP contribution in [0.5, 0.6) is 11.5 Å². The van der Waals surface area contributed by atoms with Gasteiger partial charge in [-0.25, -0.2) is 9.18 Å². The molecule has 4 aromatic rings. The lowest BCUT2D eigenvalue weighted by Crippen LogP contribution is -2.53. The Bertz CT molecular complexity index is 1670. The second kappa shape index (κ2) is 13.8. The van der Waals surface area contributed by atoms with Crippen molar-refractivity contribution in [1.29, 1.82) is 0 Å². The fourth-order valence-corrected chi connectivity index (χ4v) is 6.01. The molecule has 1 saturated heterocycles. The summed E-state index contributed by atoms with van der Waals surface area (Å²) in [6, 6.07) is 23.5. The van der Waals surface area contributed by atoms with E-state index >= 15 is 4.39 Å². The van der Waals surface area contributed by atoms with Crippen LogP contribution in [0.2, 0.25) is 0 Å². The Morgan fingerprint density at radius 3 is 1.96 bits per heavy atom. The smallest absolute Gasteiger partial charge is 0.330 e. The zero-order valence-corrected chi connectivity index (χ0v) is 25.9. The van der Waals surface area contributed by atoms with Gasteiger partial charge in [0.05, 0.1) is 14.2 Å². The Morgan fingerprint density at radius 2 is 1.48 bits per heavy atom. The van der Waals surface area contributed by atoms with Gasteiger partial charge in [-0.1, -0.05) is 54.6 Å². The number of benzene rings is 3. The number of ether oxygens (including phenoxy) is 5. The van der Waals surface area contributed by atoms with Crippen LogP contribution in [0, 0.1) is 0 Å². The molecule has 1 fully saturated rings. The summed E-state index contributed by atoms with van der Waals surface area (Å²) in [5.41, 5.74) is 3.69. The van der Waals surface area contributed by atoms with Crippen LogP contribution in [0.3, 0.4) is 0 Å². The van der Waals surface area contributed by atoms with Gasteiger partial charge in [0.1, 0.15) is 23.2 Å². The number of halogens is 1. The standard InChI is InChI=1S/C31H33FN3O10P/c1-40-22-13-9-20(10-14-22)30(19-7-5-4-6-8-19,21-11-15-23(41-2)16-12-21)44-27(32)25-26(45-46(33)39)31(38,42-3)28(43-25)35-18-17-24(36)34-29(35)37/h4-18,25-28,38-39H,33H2,1-3H3,(H,34,36,37)/t25-,26+,27?,28+,31-,46?/m0/s1. The average molecular weight is 658 g/mol. The van der Waals surface area contributed by atoms with E-state index in [1.54, 1.807) is 78.9 Å². The van der Waals surface area contributed by atoms with Crippen LogP contribution < -0.4 is 26.2 Å². The maximum Gasteiger partial charge on any atom is 0.330 e. The molecule has 1 aliphatic rings. The number of aromatic amines is 1. The van der Waals surface area contributed by atoms with Crippen molar-refractivity contribution in [3.8, 4) is 11.5 Å². The molecule has 5 rings (SSSR count). The number of nitrogens with zero attached hydrogens (tertiary/aromatic N) is 1. The summed E-state index contributed by atoms with van der Waals surface area (Å²) in [5, 5.41) is 11.7. The summed E-state index contributed by atoms with van der Waals surface area (Å²) in [7, 11) is 1.38. The molecule has 3 aromatic carbocycles. The van der Waals surface area contributed by atoms with E-state index in [0.29, 0.717) is 28.2 Å². The summed E-state index contributed by atoms with van der Waals surface area (Å²) >= 11 is 0. The van der Waals surface area contributed by atoms with Crippen molar-refractivity contribution in [3.05, 3.63) is 129 Å². The van der Waals surface area contributed by atoms with Gasteiger partial charge in [0.2, 0.25) is 12.1 Å². The zero-order valence-electron chi connectivity index (χ0n) is 25.0. The molecule has 6 atom stereocenters. The molecule has 15 heteroatoms. The molecule has 0 radical (unpaired) electrons. The van der Waals surface area contributed by atoms with Crippen LogP contribution in [0.4, 0.5) is 4.39 Å². The highest BCUT2D eigenvalue weighted by atomic mass is 31.2. The van der Waals surface area contributed by atoms with Crippen LogP contribution in [0.15, 0.2) is 101 Å². The van der Waals surface area contributed by atoms with Crippen molar-refractivity contribution in [2.45, 2.75) is 36.2 Å². The van der Waals surface area contributed by atoms with Gasteiger partial charge in [-0.05, 0) is 41.0 Å². The lowest BCUT2D eigenvalue weighted by Gasteiger charge is -2.39. The van der Waals surface area contributed by atoms with E-state index < -0.39 is 56.0 Å². The third-order valence-electron chi connectivity index (χ3n) is 7.72. The molecule has 0 spiro atoms. The number of rotatable bonds is 12. The summed E-state index contributed by atoms with van der Waals surface area (Å²) in [6.45, 7) is 0. The van der Waals surface area contributed by atoms with Gasteiger partial charge in [-0.2, -0.15) is 0 Å². The first-order chi connectivity index (χ1) is 22.1. The van der Waals surface area contributed by atoms with Crippen molar-refractivity contribution >= 4 is 8.53 Å². The Labute approximate surface area is 263 Å². The number of methoxy groups -OCH3 is 3. The van der Waals surface area contributed by atoms with E-state index in [2.05, 4.69) is 0 Å². The first-order valence-corrected chi connectivity index (χ1v) is 15.2. The summed E-state index contributed by atoms with van der Waals surface area (Å²) in [5.74, 6) is -1.51. The fraction of sp³-hybridized carbons (Fsp3) is 0.290. The zero-order chi connectivity index (χ0) is 33.1. The van der Waals surface area contributed by atoms with Gasteiger partial charge in [0, 0.05) is 19.4 Å². The number of aliphatic hydroxyl groups is 1. The Balaban J connectivity index is 1.68. The van der Waals surface area contributed by atoms with Gasteiger partial charge in [-0.15, -0.1) is 0 Å². The SMILES string of the molecule is COc1ccc(C(OC(F)[C@H]2O[C@@H](n3ccc(=O)[nH]c3=O)[C@@](O)(OC)[C@@H]2OP(N)O)(c2ccccc2)c2ccc(OC)cc2)cc1. The van der Waals surface area contributed by atoms with Crippen LogP contribution >= 0.6 is 8.53 Å². The molecule has 46 heavy (non-hydrogen) atoms. The third kappa shape index (κ3) is 6.21. The van der Waals surface area contributed by atoms with Crippen LogP contribution in [0.1, 0.15) is 22.9 Å². The van der Waals surface area contributed by atoms with Crippen LogP contribution in [0.25, 0.3) is 0 Å². The highest BCUT2D eigenvalue weighted by Gasteiger charge is 2.63. The molecule has 0 saturated carbocycles. The minimum Gasteiger partial charge on any atom is -0.497 e. The molecule has 244 valence electrons. The van der Waals surface area contributed by atoms with E-state index in [-0.39, 0.29) is 0 Å². The minimum absolute atomic E-state index is 0.487. The lowest BCUT2D eigenvalue weighted by molar-refractivity contribution is -0.261. The monoisotopic (exact) mass is 657 g/mol. The number of alkyl halides is 1. The van der Waals surface area contributed by atoms with Crippen molar-refractivity contribution in [2.75, 3.05) is 21.3 Å². The van der Waals surface area contributed by atoms with Crippen LogP contribution in [-0.2, 0) is 24.3 Å². The molecule has 0 bridgehead atoms. The maximum atomic E-state index is 17.1. The van der Waals surface area contributed by atoms with E-state index in [9.17, 15) is 19.6 Å². The minimum atomic E-state index is -2.72. The molecular weight excluding hydrogens is 624 g/mol. The topological polar surface area (TPSA) is 177 Å². The number of hydrogen-bond acceptors (Lipinski definition) is 11. The van der Waals surface area contributed by atoms with Gasteiger partial charge in [0.15, 0.2) is 12.3 Å². The Hall–Kier alpha value is -3.98. The number of aromatic nitrogens is 2. The van der Waals surface area contributed by atoms with E-state index in [1.165, 1.54) is 14.2 Å². The Kier molecular flexibility index (Phi) is 10.0. The fourth-order valence-electron chi connectivity index (χ4n) is 5.50. The first kappa shape index (κ1) is 33.4. The quantitative estimate of drug-likeness (QED) is 0.100. The van der Waals surface area contributed by atoms with E-state index in [4.69, 9.17) is 33.7 Å². The highest BCUT2D eigenvalue weighted by molar-refractivity contribution is 7.43. The summed E-state index contributed by atoms with van der Waals surface area (Å²) in [4.78, 5) is 36.6. The van der Waals surface area contributed by atoms with Crippen molar-refractivity contribution in [3.63, 3.8) is 0 Å². The first-order valence-electron chi connectivity index (χ1n) is 13.9. The van der Waals surface area contributed by atoms with Crippen molar-refractivity contribution in [1.82, 2.24) is 9.55 Å². The van der Waals surface area contributed by atoms with Crippen LogP contribution in [-0.4, -0.2) is 65.2 Å². The van der Waals surface area contributed by atoms with Gasteiger partial charge in [0.25, 0.3) is 14.1 Å². The molecule has 5 N–H and O–H groups in total. The maximum absolute atomic E-state index is 17.1. The number of nitrogens with two attached hydrogens (primary N) is 1. The molecule has 1 aromatic heterocycles. The summed E-state index contributed by atoms with van der Waals surface area (Å²) < 4.78 is 51.7. The second-order valence-electron chi connectivity index (χ2n) is 10.2. The van der Waals surface area contributed by atoms with Gasteiger partial charge in [-0.3, -0.25) is 19.8 Å². The third-order valence-corrected chi connectivity index (χ3v) is 8.16. The van der Waals surface area contributed by atoms with Crippen molar-refractivity contribution < 1.29 is 42.6 Å². The molecular formula is C31H33FN3O10P. The van der Waals surface area contributed by atoms with Gasteiger partial charge >= 0.3 is 5.69 Å². The highest BCUT2D eigenvalue weighted by Crippen LogP contribution is 2.49.